The molecule has 42 heavy (non-hydrogen) atoms. The highest BCUT2D eigenvalue weighted by molar-refractivity contribution is 9.10. The van der Waals surface area contributed by atoms with E-state index in [9.17, 15) is 4.79 Å². The highest BCUT2D eigenvalue weighted by Crippen LogP contribution is 2.50. The highest BCUT2D eigenvalue weighted by atomic mass is 79.9. The zero-order valence-corrected chi connectivity index (χ0v) is 24.2. The van der Waals surface area contributed by atoms with Crippen LogP contribution in [-0.4, -0.2) is 15.7 Å². The summed E-state index contributed by atoms with van der Waals surface area (Å²) in [5.41, 5.74) is 6.72. The minimum Gasteiger partial charge on any atom is -0.464 e. The van der Waals surface area contributed by atoms with E-state index in [1.54, 1.807) is 6.26 Å². The van der Waals surface area contributed by atoms with Gasteiger partial charge in [0.25, 0.3) is 0 Å². The third-order valence-corrected chi connectivity index (χ3v) is 8.44. The van der Waals surface area contributed by atoms with Gasteiger partial charge in [-0.3, -0.25) is 9.69 Å². The molecule has 8 heteroatoms. The fraction of sp³-hybridized carbons (Fsp3) is 0.0882. The molecule has 7 nitrogen and oxygen atoms in total. The molecule has 6 aromatic rings. The molecule has 204 valence electrons. The van der Waals surface area contributed by atoms with Crippen molar-refractivity contribution < 1.29 is 4.42 Å². The van der Waals surface area contributed by atoms with Gasteiger partial charge in [0.15, 0.2) is 11.2 Å². The number of hydrogen-bond donors (Lipinski definition) is 0. The Labute approximate surface area is 250 Å². The molecule has 8 rings (SSSR count). The third kappa shape index (κ3) is 3.75. The SMILES string of the molecule is Cc1nn(-c2ccccc2)c2c1[C@@H](c1coc3ccc(Br)cc3c1=O)N1C(=N2)N(Cc2ccccc2)c2ccccc21. The van der Waals surface area contributed by atoms with Crippen molar-refractivity contribution in [2.24, 2.45) is 4.99 Å². The maximum Gasteiger partial charge on any atom is 0.213 e. The molecule has 0 bridgehead atoms. The average molecular weight is 615 g/mol. The van der Waals surface area contributed by atoms with Crippen molar-refractivity contribution in [3.63, 3.8) is 0 Å². The van der Waals surface area contributed by atoms with Gasteiger partial charge in [-0.25, -0.2) is 4.68 Å². The molecule has 2 aliphatic rings. The molecule has 0 aliphatic carbocycles. The van der Waals surface area contributed by atoms with E-state index in [2.05, 4.69) is 50.0 Å². The van der Waals surface area contributed by atoms with E-state index < -0.39 is 6.04 Å². The first-order valence-corrected chi connectivity index (χ1v) is 14.5. The predicted molar refractivity (Wildman–Crippen MR) is 169 cm³/mol. The van der Waals surface area contributed by atoms with Gasteiger partial charge < -0.3 is 9.32 Å². The molecule has 0 spiro atoms. The van der Waals surface area contributed by atoms with Crippen molar-refractivity contribution in [1.82, 2.24) is 9.78 Å². The Hall–Kier alpha value is -4.95. The van der Waals surface area contributed by atoms with Crippen molar-refractivity contribution in [3.8, 4) is 5.69 Å². The van der Waals surface area contributed by atoms with Crippen LogP contribution in [0.15, 0.2) is 128 Å². The number of benzene rings is 4. The Morgan fingerprint density at radius 1 is 0.881 bits per heavy atom. The van der Waals surface area contributed by atoms with Crippen LogP contribution in [-0.2, 0) is 6.54 Å². The van der Waals surface area contributed by atoms with E-state index in [4.69, 9.17) is 14.5 Å². The van der Waals surface area contributed by atoms with Gasteiger partial charge in [0.2, 0.25) is 5.96 Å². The number of nitrogens with zero attached hydrogens (tertiary/aromatic N) is 5. The van der Waals surface area contributed by atoms with E-state index in [0.29, 0.717) is 28.9 Å². The Morgan fingerprint density at radius 3 is 2.38 bits per heavy atom. The van der Waals surface area contributed by atoms with E-state index in [1.807, 2.05) is 90.5 Å². The number of aromatic nitrogens is 2. The minimum atomic E-state index is -0.508. The smallest absolute Gasteiger partial charge is 0.213 e. The third-order valence-electron chi connectivity index (χ3n) is 7.95. The number of rotatable bonds is 4. The van der Waals surface area contributed by atoms with Gasteiger partial charge in [-0.2, -0.15) is 10.1 Å². The van der Waals surface area contributed by atoms with Crippen LogP contribution in [0.1, 0.15) is 28.4 Å². The number of aliphatic imine (C=N–C) groups is 1. The predicted octanol–water partition coefficient (Wildman–Crippen LogP) is 7.67. The molecule has 0 unspecified atom stereocenters. The average Bonchev–Trinajstić information content (AvgIpc) is 3.52. The molecule has 4 heterocycles. The van der Waals surface area contributed by atoms with Crippen LogP contribution in [0, 0.1) is 6.92 Å². The van der Waals surface area contributed by atoms with E-state index in [1.165, 1.54) is 0 Å². The first-order chi connectivity index (χ1) is 20.6. The van der Waals surface area contributed by atoms with Crippen molar-refractivity contribution in [3.05, 3.63) is 146 Å². The fourth-order valence-corrected chi connectivity index (χ4v) is 6.42. The largest absolute Gasteiger partial charge is 0.464 e. The summed E-state index contributed by atoms with van der Waals surface area (Å²) in [6.45, 7) is 2.60. The maximum absolute atomic E-state index is 14.3. The lowest BCUT2D eigenvalue weighted by molar-refractivity contribution is 0.585. The normalized spacial score (nSPS) is 15.4. The molecule has 1 atom stereocenters. The second-order valence-electron chi connectivity index (χ2n) is 10.5. The van der Waals surface area contributed by atoms with Crippen LogP contribution in [0.25, 0.3) is 16.7 Å². The zero-order chi connectivity index (χ0) is 28.4. The lowest BCUT2D eigenvalue weighted by atomic mass is 9.95. The molecule has 0 saturated heterocycles. The van der Waals surface area contributed by atoms with Gasteiger partial charge in [0, 0.05) is 10.0 Å². The van der Waals surface area contributed by atoms with Gasteiger partial charge >= 0.3 is 0 Å². The maximum atomic E-state index is 14.3. The Bertz CT molecular complexity index is 2080. The van der Waals surface area contributed by atoms with Gasteiger partial charge in [-0.05, 0) is 55.0 Å². The number of hydrogen-bond acceptors (Lipinski definition) is 6. The van der Waals surface area contributed by atoms with Crippen LogP contribution in [0.5, 0.6) is 0 Å². The van der Waals surface area contributed by atoms with Crippen LogP contribution >= 0.6 is 15.9 Å². The number of aryl methyl sites for hydroxylation is 1. The summed E-state index contributed by atoms with van der Waals surface area (Å²) in [6.07, 6.45) is 1.61. The second-order valence-corrected chi connectivity index (χ2v) is 11.4. The molecule has 0 fully saturated rings. The van der Waals surface area contributed by atoms with Crippen LogP contribution in [0.3, 0.4) is 0 Å². The van der Waals surface area contributed by atoms with Crippen LogP contribution < -0.4 is 15.2 Å². The number of anilines is 2. The summed E-state index contributed by atoms with van der Waals surface area (Å²) >= 11 is 3.53. The lowest BCUT2D eigenvalue weighted by Crippen LogP contribution is -2.44. The molecule has 2 aliphatic heterocycles. The number of guanidine groups is 1. The molecule has 2 aromatic heterocycles. The monoisotopic (exact) mass is 613 g/mol. The van der Waals surface area contributed by atoms with E-state index >= 15 is 0 Å². The Balaban J connectivity index is 1.42. The number of para-hydroxylation sites is 3. The van der Waals surface area contributed by atoms with Gasteiger partial charge in [-0.1, -0.05) is 76.6 Å². The molecule has 0 saturated carbocycles. The van der Waals surface area contributed by atoms with Crippen LogP contribution in [0.2, 0.25) is 0 Å². The molecule has 0 N–H and O–H groups in total. The van der Waals surface area contributed by atoms with Crippen molar-refractivity contribution in [2.45, 2.75) is 19.5 Å². The Kier molecular flexibility index (Phi) is 5.65. The molecule has 0 amide bonds. The summed E-state index contributed by atoms with van der Waals surface area (Å²) in [4.78, 5) is 24.0. The van der Waals surface area contributed by atoms with E-state index in [0.717, 1.165) is 44.3 Å². The highest BCUT2D eigenvalue weighted by Gasteiger charge is 2.45. The fourth-order valence-electron chi connectivity index (χ4n) is 6.06. The zero-order valence-electron chi connectivity index (χ0n) is 22.6. The lowest BCUT2D eigenvalue weighted by Gasteiger charge is -2.34. The van der Waals surface area contributed by atoms with Crippen LogP contribution in [0.4, 0.5) is 17.2 Å². The standard InChI is InChI=1S/C34H24BrN5O2/c1-21-30-31(26-20-42-29-17-16-23(35)18-25(29)32(26)41)39-28-15-9-8-14-27(28)38(19-22-10-4-2-5-11-22)34(39)36-33(30)40(37-21)24-12-6-3-7-13-24/h2-18,20,31H,19H2,1H3/t31-/m1/s1. The van der Waals surface area contributed by atoms with Crippen molar-refractivity contribution in [2.75, 3.05) is 9.80 Å². The van der Waals surface area contributed by atoms with Gasteiger partial charge in [0.05, 0.1) is 46.3 Å². The summed E-state index contributed by atoms with van der Waals surface area (Å²) in [5, 5.41) is 5.48. The molecular formula is C34H24BrN5O2. The number of halogens is 1. The first kappa shape index (κ1) is 24.8. The molecule has 4 aromatic carbocycles. The second kappa shape index (κ2) is 9.56. The quantitative estimate of drug-likeness (QED) is 0.204. The summed E-state index contributed by atoms with van der Waals surface area (Å²) in [5.74, 6) is 1.44. The van der Waals surface area contributed by atoms with Crippen molar-refractivity contribution in [1.29, 1.82) is 0 Å². The number of fused-ring (bicyclic) bond motifs is 5. The summed E-state index contributed by atoms with van der Waals surface area (Å²) in [7, 11) is 0. The van der Waals surface area contributed by atoms with Gasteiger partial charge in [-0.15, -0.1) is 0 Å². The van der Waals surface area contributed by atoms with E-state index in [-0.39, 0.29) is 5.43 Å². The summed E-state index contributed by atoms with van der Waals surface area (Å²) in [6, 6.07) is 33.6. The topological polar surface area (TPSA) is 66.9 Å². The summed E-state index contributed by atoms with van der Waals surface area (Å²) < 4.78 is 8.81. The minimum absolute atomic E-state index is 0.0828. The Morgan fingerprint density at radius 2 is 1.60 bits per heavy atom. The first-order valence-electron chi connectivity index (χ1n) is 13.7. The molecule has 0 radical (unpaired) electrons. The van der Waals surface area contributed by atoms with Gasteiger partial charge in [0.1, 0.15) is 11.8 Å². The van der Waals surface area contributed by atoms with Crippen molar-refractivity contribution >= 4 is 50.1 Å². The molecular weight excluding hydrogens is 590 g/mol.